The molecular weight excluding hydrogens is 178 g/mol. The van der Waals surface area contributed by atoms with E-state index in [1.165, 1.54) is 0 Å². The van der Waals surface area contributed by atoms with Gasteiger partial charge in [-0.05, 0) is 6.42 Å². The van der Waals surface area contributed by atoms with Crippen molar-refractivity contribution in [3.05, 3.63) is 0 Å². The lowest BCUT2D eigenvalue weighted by molar-refractivity contribution is -0.133. The van der Waals surface area contributed by atoms with Crippen LogP contribution in [-0.4, -0.2) is 37.1 Å². The summed E-state index contributed by atoms with van der Waals surface area (Å²) in [6.45, 7) is 9.49. The quantitative estimate of drug-likeness (QED) is 0.683. The molecule has 3 heteroatoms. The number of nitrogens with zero attached hydrogens (tertiary/aromatic N) is 1. The molecule has 0 radical (unpaired) electrons. The summed E-state index contributed by atoms with van der Waals surface area (Å²) in [5.41, 5.74) is 0. The average molecular weight is 201 g/mol. The van der Waals surface area contributed by atoms with Gasteiger partial charge in [0.05, 0.1) is 6.10 Å². The van der Waals surface area contributed by atoms with E-state index in [2.05, 4.69) is 0 Å². The molecule has 0 aliphatic carbocycles. The van der Waals surface area contributed by atoms with Crippen LogP contribution in [0.25, 0.3) is 0 Å². The lowest BCUT2D eigenvalue weighted by Crippen LogP contribution is -2.33. The van der Waals surface area contributed by atoms with E-state index in [1.54, 1.807) is 7.11 Å². The Labute approximate surface area is 87.4 Å². The lowest BCUT2D eigenvalue weighted by atomic mass is 10.2. The van der Waals surface area contributed by atoms with Crippen molar-refractivity contribution >= 4 is 5.91 Å². The van der Waals surface area contributed by atoms with Crippen LogP contribution in [0.2, 0.25) is 0 Å². The third-order valence-electron chi connectivity index (χ3n) is 2.28. The molecule has 0 aromatic rings. The maximum absolute atomic E-state index is 11.5. The van der Waals surface area contributed by atoms with E-state index < -0.39 is 0 Å². The lowest BCUT2D eigenvalue weighted by Gasteiger charge is -2.18. The van der Waals surface area contributed by atoms with E-state index in [9.17, 15) is 4.79 Å². The molecule has 1 atom stereocenters. The Morgan fingerprint density at radius 2 is 2.00 bits per heavy atom. The monoisotopic (exact) mass is 201 g/mol. The van der Waals surface area contributed by atoms with Crippen molar-refractivity contribution in [1.82, 2.24) is 4.90 Å². The normalized spacial score (nSPS) is 20.7. The van der Waals surface area contributed by atoms with Crippen LogP contribution < -0.4 is 0 Å². The zero-order valence-electron chi connectivity index (χ0n) is 10.0. The van der Waals surface area contributed by atoms with E-state index >= 15 is 0 Å². The van der Waals surface area contributed by atoms with E-state index in [-0.39, 0.29) is 17.9 Å². The summed E-state index contributed by atoms with van der Waals surface area (Å²) in [4.78, 5) is 13.4. The molecular formula is C11H23NO2. The van der Waals surface area contributed by atoms with Gasteiger partial charge < -0.3 is 9.64 Å². The minimum Gasteiger partial charge on any atom is -0.380 e. The number of hydrogen-bond donors (Lipinski definition) is 0. The number of amides is 1. The summed E-state index contributed by atoms with van der Waals surface area (Å²) in [5, 5.41) is 0. The summed E-state index contributed by atoms with van der Waals surface area (Å²) in [5.74, 6) is 0.357. The van der Waals surface area contributed by atoms with Gasteiger partial charge in [-0.25, -0.2) is 0 Å². The number of methoxy groups -OCH3 is 1. The molecule has 3 nitrogen and oxygen atoms in total. The Kier molecular flexibility index (Phi) is 6.54. The van der Waals surface area contributed by atoms with Gasteiger partial charge in [-0.1, -0.05) is 27.7 Å². The largest absolute Gasteiger partial charge is 0.380 e. The first-order valence-corrected chi connectivity index (χ1v) is 5.46. The number of likely N-dealkylation sites (tertiary alicyclic amines) is 1. The van der Waals surface area contributed by atoms with Gasteiger partial charge in [0.2, 0.25) is 5.91 Å². The van der Waals surface area contributed by atoms with Gasteiger partial charge in [-0.15, -0.1) is 0 Å². The van der Waals surface area contributed by atoms with Crippen molar-refractivity contribution in [1.29, 1.82) is 0 Å². The molecule has 14 heavy (non-hydrogen) atoms. The van der Waals surface area contributed by atoms with Crippen LogP contribution in [0.5, 0.6) is 0 Å². The Hall–Kier alpha value is -0.570. The van der Waals surface area contributed by atoms with Crippen molar-refractivity contribution in [2.45, 2.75) is 40.2 Å². The smallest absolute Gasteiger partial charge is 0.225 e. The van der Waals surface area contributed by atoms with E-state index in [1.807, 2.05) is 32.6 Å². The van der Waals surface area contributed by atoms with E-state index in [4.69, 9.17) is 4.74 Å². The standard InChI is InChI=1S/C9H17NO2.C2H6/c1-7(2)9(11)10-5-4-8(6-10)12-3;1-2/h7-8H,4-6H2,1-3H3;1-2H3/t8-;/m0./s1. The second-order valence-corrected chi connectivity index (χ2v) is 3.59. The second kappa shape index (κ2) is 6.82. The van der Waals surface area contributed by atoms with Crippen molar-refractivity contribution in [3.63, 3.8) is 0 Å². The summed E-state index contributed by atoms with van der Waals surface area (Å²) in [6, 6.07) is 0. The molecule has 1 saturated heterocycles. The fourth-order valence-electron chi connectivity index (χ4n) is 1.49. The Morgan fingerprint density at radius 3 is 2.36 bits per heavy atom. The molecule has 0 bridgehead atoms. The third-order valence-corrected chi connectivity index (χ3v) is 2.28. The predicted octanol–water partition coefficient (Wildman–Crippen LogP) is 1.92. The number of carbonyl (C=O) groups is 1. The molecule has 0 aromatic heterocycles. The summed E-state index contributed by atoms with van der Waals surface area (Å²) < 4.78 is 5.18. The van der Waals surface area contributed by atoms with Crippen LogP contribution in [0, 0.1) is 5.92 Å². The highest BCUT2D eigenvalue weighted by Gasteiger charge is 2.26. The first-order chi connectivity index (χ1) is 6.65. The van der Waals surface area contributed by atoms with E-state index in [0.29, 0.717) is 0 Å². The molecule has 1 fully saturated rings. The highest BCUT2D eigenvalue weighted by atomic mass is 16.5. The zero-order valence-corrected chi connectivity index (χ0v) is 10.0. The predicted molar refractivity (Wildman–Crippen MR) is 58.2 cm³/mol. The van der Waals surface area contributed by atoms with Crippen molar-refractivity contribution in [2.24, 2.45) is 5.92 Å². The Balaban J connectivity index is 0.000000791. The molecule has 0 spiro atoms. The SMILES string of the molecule is CC.CO[C@H]1CCN(C(=O)C(C)C)C1. The van der Waals surface area contributed by atoms with Crippen molar-refractivity contribution < 1.29 is 9.53 Å². The van der Waals surface area contributed by atoms with Crippen molar-refractivity contribution in [3.8, 4) is 0 Å². The molecule has 1 rings (SSSR count). The first-order valence-electron chi connectivity index (χ1n) is 5.46. The van der Waals surface area contributed by atoms with Gasteiger partial charge in [0.1, 0.15) is 0 Å². The van der Waals surface area contributed by atoms with E-state index in [0.717, 1.165) is 19.5 Å². The second-order valence-electron chi connectivity index (χ2n) is 3.59. The highest BCUT2D eigenvalue weighted by Crippen LogP contribution is 2.14. The maximum Gasteiger partial charge on any atom is 0.225 e. The highest BCUT2D eigenvalue weighted by molar-refractivity contribution is 5.78. The summed E-state index contributed by atoms with van der Waals surface area (Å²) >= 11 is 0. The molecule has 0 N–H and O–H groups in total. The molecule has 0 saturated carbocycles. The summed E-state index contributed by atoms with van der Waals surface area (Å²) in [7, 11) is 1.70. The fourth-order valence-corrected chi connectivity index (χ4v) is 1.49. The molecule has 84 valence electrons. The molecule has 1 heterocycles. The molecule has 0 unspecified atom stereocenters. The minimum atomic E-state index is 0.112. The number of ether oxygens (including phenoxy) is 1. The van der Waals surface area contributed by atoms with Crippen molar-refractivity contribution in [2.75, 3.05) is 20.2 Å². The van der Waals surface area contributed by atoms with Crippen LogP contribution in [0.3, 0.4) is 0 Å². The van der Waals surface area contributed by atoms with Gasteiger partial charge in [0.25, 0.3) is 0 Å². The van der Waals surface area contributed by atoms with Crippen LogP contribution in [-0.2, 0) is 9.53 Å². The molecule has 1 aliphatic heterocycles. The van der Waals surface area contributed by atoms with Crippen LogP contribution in [0.4, 0.5) is 0 Å². The molecule has 1 amide bonds. The van der Waals surface area contributed by atoms with Crippen LogP contribution in [0.1, 0.15) is 34.1 Å². The van der Waals surface area contributed by atoms with Gasteiger partial charge in [-0.3, -0.25) is 4.79 Å². The van der Waals surface area contributed by atoms with Gasteiger partial charge in [0.15, 0.2) is 0 Å². The number of hydrogen-bond acceptors (Lipinski definition) is 2. The minimum absolute atomic E-state index is 0.112. The first kappa shape index (κ1) is 13.4. The molecule has 0 aromatic carbocycles. The van der Waals surface area contributed by atoms with Crippen LogP contribution >= 0.6 is 0 Å². The Morgan fingerprint density at radius 1 is 1.43 bits per heavy atom. The summed E-state index contributed by atoms with van der Waals surface area (Å²) in [6.07, 6.45) is 1.24. The topological polar surface area (TPSA) is 29.5 Å². The van der Waals surface area contributed by atoms with Gasteiger partial charge in [-0.2, -0.15) is 0 Å². The zero-order chi connectivity index (χ0) is 11.1. The van der Waals surface area contributed by atoms with Gasteiger partial charge in [0, 0.05) is 26.1 Å². The number of carbonyl (C=O) groups excluding carboxylic acids is 1. The maximum atomic E-state index is 11.5. The molecule has 1 aliphatic rings. The third kappa shape index (κ3) is 3.66. The fraction of sp³-hybridized carbons (Fsp3) is 0.909. The Bertz CT molecular complexity index is 169. The van der Waals surface area contributed by atoms with Crippen LogP contribution in [0.15, 0.2) is 0 Å². The van der Waals surface area contributed by atoms with Gasteiger partial charge >= 0.3 is 0 Å². The average Bonchev–Trinajstić information content (AvgIpc) is 2.67. The number of rotatable bonds is 2.